The first-order valence-electron chi connectivity index (χ1n) is 7.35. The molecule has 0 amide bonds. The predicted octanol–water partition coefficient (Wildman–Crippen LogP) is 4.19. The topological polar surface area (TPSA) is 53.1 Å². The molecule has 1 aliphatic carbocycles. The highest BCUT2D eigenvalue weighted by atomic mass is 79.9. The fraction of sp³-hybridized carbons (Fsp3) is 0.438. The van der Waals surface area contributed by atoms with E-state index in [2.05, 4.69) is 27.4 Å². The number of nitrogens with zero attached hydrogens (tertiary/aromatic N) is 2. The van der Waals surface area contributed by atoms with Crippen molar-refractivity contribution >= 4 is 21.7 Å². The Hall–Kier alpha value is -1.49. The Morgan fingerprint density at radius 1 is 1.43 bits per heavy atom. The van der Waals surface area contributed by atoms with Crippen LogP contribution in [0.3, 0.4) is 0 Å². The third-order valence-electron chi connectivity index (χ3n) is 3.84. The summed E-state index contributed by atoms with van der Waals surface area (Å²) in [6, 6.07) is 5.92. The van der Waals surface area contributed by atoms with Crippen molar-refractivity contribution in [2.24, 2.45) is 0 Å². The van der Waals surface area contributed by atoms with Gasteiger partial charge in [-0.3, -0.25) is 0 Å². The predicted molar refractivity (Wildman–Crippen MR) is 88.6 cm³/mol. The molecule has 0 bridgehead atoms. The SMILES string of the molecule is CCCn1c(C2CC2)nc(-c2cc(Br)ccc2OC)c1N. The van der Waals surface area contributed by atoms with Gasteiger partial charge in [0.05, 0.1) is 7.11 Å². The number of nitrogen functional groups attached to an aromatic ring is 1. The van der Waals surface area contributed by atoms with E-state index in [0.29, 0.717) is 5.92 Å². The van der Waals surface area contributed by atoms with E-state index in [1.54, 1.807) is 7.11 Å². The Labute approximate surface area is 133 Å². The Kier molecular flexibility index (Phi) is 3.93. The van der Waals surface area contributed by atoms with Gasteiger partial charge in [-0.1, -0.05) is 22.9 Å². The minimum Gasteiger partial charge on any atom is -0.496 e. The number of benzene rings is 1. The van der Waals surface area contributed by atoms with Crippen LogP contribution in [0.5, 0.6) is 5.75 Å². The van der Waals surface area contributed by atoms with Crippen molar-refractivity contribution in [1.29, 1.82) is 0 Å². The van der Waals surface area contributed by atoms with Crippen molar-refractivity contribution in [1.82, 2.24) is 9.55 Å². The van der Waals surface area contributed by atoms with Gasteiger partial charge in [-0.2, -0.15) is 0 Å². The molecule has 0 saturated heterocycles. The van der Waals surface area contributed by atoms with E-state index in [0.717, 1.165) is 46.1 Å². The first kappa shape index (κ1) is 14.4. The van der Waals surface area contributed by atoms with Gasteiger partial charge in [0.25, 0.3) is 0 Å². The van der Waals surface area contributed by atoms with Gasteiger partial charge < -0.3 is 15.0 Å². The van der Waals surface area contributed by atoms with Crippen molar-refractivity contribution in [3.05, 3.63) is 28.5 Å². The summed E-state index contributed by atoms with van der Waals surface area (Å²) in [5.41, 5.74) is 8.17. The summed E-state index contributed by atoms with van der Waals surface area (Å²) in [7, 11) is 1.67. The lowest BCUT2D eigenvalue weighted by molar-refractivity contribution is 0.416. The van der Waals surface area contributed by atoms with Crippen molar-refractivity contribution in [3.63, 3.8) is 0 Å². The molecule has 1 fully saturated rings. The average Bonchev–Trinajstić information content (AvgIpc) is 3.26. The van der Waals surface area contributed by atoms with Gasteiger partial charge >= 0.3 is 0 Å². The Bertz CT molecular complexity index is 662. The van der Waals surface area contributed by atoms with Crippen LogP contribution in [0.15, 0.2) is 22.7 Å². The van der Waals surface area contributed by atoms with Crippen LogP contribution in [0.25, 0.3) is 11.3 Å². The number of methoxy groups -OCH3 is 1. The number of aromatic nitrogens is 2. The normalized spacial score (nSPS) is 14.4. The zero-order valence-electron chi connectivity index (χ0n) is 12.4. The third kappa shape index (κ3) is 2.67. The molecule has 0 radical (unpaired) electrons. The van der Waals surface area contributed by atoms with Crippen molar-refractivity contribution < 1.29 is 4.74 Å². The molecular weight excluding hydrogens is 330 g/mol. The maximum Gasteiger partial charge on any atom is 0.131 e. The van der Waals surface area contributed by atoms with Crippen molar-refractivity contribution in [2.45, 2.75) is 38.6 Å². The molecule has 1 aromatic carbocycles. The van der Waals surface area contributed by atoms with Crippen LogP contribution in [-0.4, -0.2) is 16.7 Å². The molecule has 1 aliphatic rings. The Balaban J connectivity index is 2.14. The van der Waals surface area contributed by atoms with Crippen LogP contribution in [0.2, 0.25) is 0 Å². The van der Waals surface area contributed by atoms with Crippen LogP contribution in [0.1, 0.15) is 37.9 Å². The second kappa shape index (κ2) is 5.72. The van der Waals surface area contributed by atoms with E-state index in [9.17, 15) is 0 Å². The van der Waals surface area contributed by atoms with Gasteiger partial charge in [0, 0.05) is 22.5 Å². The minimum atomic E-state index is 0.575. The molecule has 5 heteroatoms. The highest BCUT2D eigenvalue weighted by Gasteiger charge is 2.31. The van der Waals surface area contributed by atoms with Gasteiger partial charge in [-0.05, 0) is 37.5 Å². The molecule has 0 spiro atoms. The highest BCUT2D eigenvalue weighted by Crippen LogP contribution is 2.43. The number of ether oxygens (including phenoxy) is 1. The number of nitrogens with two attached hydrogens (primary N) is 1. The molecule has 112 valence electrons. The summed E-state index contributed by atoms with van der Waals surface area (Å²) >= 11 is 3.51. The zero-order chi connectivity index (χ0) is 15.0. The average molecular weight is 350 g/mol. The number of imidazole rings is 1. The van der Waals surface area contributed by atoms with Crippen molar-refractivity contribution in [2.75, 3.05) is 12.8 Å². The summed E-state index contributed by atoms with van der Waals surface area (Å²) in [6.07, 6.45) is 3.49. The molecule has 1 aromatic heterocycles. The Morgan fingerprint density at radius 3 is 2.81 bits per heavy atom. The van der Waals surface area contributed by atoms with E-state index in [-0.39, 0.29) is 0 Å². The maximum atomic E-state index is 6.39. The van der Waals surface area contributed by atoms with E-state index in [4.69, 9.17) is 15.5 Å². The second-order valence-corrected chi connectivity index (χ2v) is 6.39. The molecule has 21 heavy (non-hydrogen) atoms. The lowest BCUT2D eigenvalue weighted by Gasteiger charge is -2.09. The zero-order valence-corrected chi connectivity index (χ0v) is 14.0. The summed E-state index contributed by atoms with van der Waals surface area (Å²) < 4.78 is 8.64. The molecule has 2 aromatic rings. The highest BCUT2D eigenvalue weighted by molar-refractivity contribution is 9.10. The lowest BCUT2D eigenvalue weighted by Crippen LogP contribution is -2.06. The Morgan fingerprint density at radius 2 is 2.19 bits per heavy atom. The van der Waals surface area contributed by atoms with Gasteiger partial charge in [0.15, 0.2) is 0 Å². The number of halogens is 1. The quantitative estimate of drug-likeness (QED) is 0.880. The molecule has 0 aliphatic heterocycles. The van der Waals surface area contributed by atoms with Gasteiger partial charge in [-0.25, -0.2) is 4.98 Å². The molecular formula is C16H20BrN3O. The van der Waals surface area contributed by atoms with E-state index in [1.165, 1.54) is 12.8 Å². The van der Waals surface area contributed by atoms with Gasteiger partial charge in [-0.15, -0.1) is 0 Å². The largest absolute Gasteiger partial charge is 0.496 e. The maximum absolute atomic E-state index is 6.39. The summed E-state index contributed by atoms with van der Waals surface area (Å²) in [6.45, 7) is 3.08. The number of rotatable bonds is 5. The fourth-order valence-electron chi connectivity index (χ4n) is 2.66. The molecule has 1 saturated carbocycles. The second-order valence-electron chi connectivity index (χ2n) is 5.47. The lowest BCUT2D eigenvalue weighted by atomic mass is 10.1. The smallest absolute Gasteiger partial charge is 0.131 e. The molecule has 1 heterocycles. The first-order valence-corrected chi connectivity index (χ1v) is 8.14. The first-order chi connectivity index (χ1) is 10.2. The van der Waals surface area contributed by atoms with Gasteiger partial charge in [0.1, 0.15) is 23.1 Å². The van der Waals surface area contributed by atoms with E-state index >= 15 is 0 Å². The van der Waals surface area contributed by atoms with Crippen LogP contribution < -0.4 is 10.5 Å². The molecule has 4 nitrogen and oxygen atoms in total. The molecule has 3 rings (SSSR count). The van der Waals surface area contributed by atoms with E-state index < -0.39 is 0 Å². The summed E-state index contributed by atoms with van der Waals surface area (Å²) in [5, 5.41) is 0. The third-order valence-corrected chi connectivity index (χ3v) is 4.34. The summed E-state index contributed by atoms with van der Waals surface area (Å²) in [4.78, 5) is 4.85. The number of hydrogen-bond donors (Lipinski definition) is 1. The van der Waals surface area contributed by atoms with Crippen LogP contribution in [-0.2, 0) is 6.54 Å². The summed E-state index contributed by atoms with van der Waals surface area (Å²) in [5.74, 6) is 3.25. The molecule has 0 atom stereocenters. The number of hydrogen-bond acceptors (Lipinski definition) is 3. The van der Waals surface area contributed by atoms with Crippen LogP contribution >= 0.6 is 15.9 Å². The van der Waals surface area contributed by atoms with Crippen molar-refractivity contribution in [3.8, 4) is 17.0 Å². The van der Waals surface area contributed by atoms with Gasteiger partial charge in [0.2, 0.25) is 0 Å². The minimum absolute atomic E-state index is 0.575. The number of anilines is 1. The standard InChI is InChI=1S/C16H20BrN3O/c1-3-8-20-15(18)14(19-16(20)10-4-5-10)12-9-11(17)6-7-13(12)21-2/h6-7,9-10H,3-5,8,18H2,1-2H3. The monoisotopic (exact) mass is 349 g/mol. The van der Waals surface area contributed by atoms with E-state index in [1.807, 2.05) is 18.2 Å². The van der Waals surface area contributed by atoms with Crippen LogP contribution in [0, 0.1) is 0 Å². The molecule has 2 N–H and O–H groups in total. The molecule has 0 unspecified atom stereocenters. The van der Waals surface area contributed by atoms with Crippen LogP contribution in [0.4, 0.5) is 5.82 Å². The fourth-order valence-corrected chi connectivity index (χ4v) is 3.02.